The fourth-order valence-corrected chi connectivity index (χ4v) is 2.38. The molecule has 1 fully saturated rings. The average molecular weight is 314 g/mol. The summed E-state index contributed by atoms with van der Waals surface area (Å²) in [5.74, 6) is -1.23. The summed E-state index contributed by atoms with van der Waals surface area (Å²) in [4.78, 5) is 24.3. The third-order valence-corrected chi connectivity index (χ3v) is 3.51. The normalized spacial score (nSPS) is 20.5. The Hall–Kier alpha value is -2.22. The van der Waals surface area contributed by atoms with E-state index in [1.807, 2.05) is 5.32 Å². The minimum atomic E-state index is -1.50. The van der Waals surface area contributed by atoms with Gasteiger partial charge in [0.1, 0.15) is 24.1 Å². The van der Waals surface area contributed by atoms with E-state index in [-0.39, 0.29) is 25.1 Å². The number of halogens is 2. The van der Waals surface area contributed by atoms with Crippen LogP contribution in [0.1, 0.15) is 18.1 Å². The molecular formula is C14H16F2N2O4. The van der Waals surface area contributed by atoms with Crippen LogP contribution >= 0.6 is 0 Å². The van der Waals surface area contributed by atoms with Gasteiger partial charge in [-0.15, -0.1) is 0 Å². The van der Waals surface area contributed by atoms with Gasteiger partial charge < -0.3 is 20.4 Å². The quantitative estimate of drug-likeness (QED) is 0.775. The van der Waals surface area contributed by atoms with Crippen LogP contribution in [0.3, 0.4) is 0 Å². The van der Waals surface area contributed by atoms with E-state index in [1.54, 1.807) is 0 Å². The maximum Gasteiger partial charge on any atom is 0.405 e. The summed E-state index contributed by atoms with van der Waals surface area (Å²) in [5.41, 5.74) is 0.185. The Morgan fingerprint density at radius 1 is 1.32 bits per heavy atom. The van der Waals surface area contributed by atoms with Crippen molar-refractivity contribution in [3.63, 3.8) is 0 Å². The number of carboxylic acid groups (broad SMARTS) is 1. The molecule has 6 nitrogen and oxygen atoms in total. The van der Waals surface area contributed by atoms with Crippen LogP contribution in [0.4, 0.5) is 13.6 Å². The van der Waals surface area contributed by atoms with Gasteiger partial charge >= 0.3 is 6.09 Å². The fourth-order valence-electron chi connectivity index (χ4n) is 2.38. The number of aliphatic hydroxyl groups is 1. The summed E-state index contributed by atoms with van der Waals surface area (Å²) < 4.78 is 26.1. The van der Waals surface area contributed by atoms with Crippen molar-refractivity contribution in [1.82, 2.24) is 10.2 Å². The van der Waals surface area contributed by atoms with Crippen LogP contribution in [0.5, 0.6) is 0 Å². The van der Waals surface area contributed by atoms with Gasteiger partial charge in [-0.1, -0.05) is 12.1 Å². The molecule has 0 saturated carbocycles. The standard InChI is InChI=1S/C14H16F2N2O4/c15-9-3-1-8(2-4-9)12(19)11(17-14(21)22)13(20)18-6-5-10(16)7-18/h1-4,10-12,17,19H,5-7H2,(H,21,22)/t10-,11-,12-/m0/s1. The van der Waals surface area contributed by atoms with E-state index in [4.69, 9.17) is 5.11 Å². The number of amides is 2. The summed E-state index contributed by atoms with van der Waals surface area (Å²) >= 11 is 0. The van der Waals surface area contributed by atoms with Gasteiger partial charge in [0.2, 0.25) is 5.91 Å². The highest BCUT2D eigenvalue weighted by molar-refractivity contribution is 5.86. The molecule has 1 aliphatic heterocycles. The Kier molecular flexibility index (Phi) is 4.92. The number of likely N-dealkylation sites (tertiary alicyclic amines) is 1. The molecule has 8 heteroatoms. The van der Waals surface area contributed by atoms with E-state index in [0.717, 1.165) is 17.0 Å². The molecule has 1 aromatic rings. The van der Waals surface area contributed by atoms with Gasteiger partial charge in [0.05, 0.1) is 6.54 Å². The molecule has 1 heterocycles. The molecule has 1 aliphatic rings. The molecule has 1 saturated heterocycles. The van der Waals surface area contributed by atoms with E-state index in [1.165, 1.54) is 12.1 Å². The minimum Gasteiger partial charge on any atom is -0.465 e. The summed E-state index contributed by atoms with van der Waals surface area (Å²) in [7, 11) is 0. The first kappa shape index (κ1) is 16.2. The van der Waals surface area contributed by atoms with E-state index in [0.29, 0.717) is 0 Å². The zero-order valence-electron chi connectivity index (χ0n) is 11.6. The van der Waals surface area contributed by atoms with Gasteiger partial charge in [-0.2, -0.15) is 0 Å². The number of alkyl halides is 1. The lowest BCUT2D eigenvalue weighted by Gasteiger charge is -2.26. The van der Waals surface area contributed by atoms with E-state index < -0.39 is 36.1 Å². The van der Waals surface area contributed by atoms with Crippen molar-refractivity contribution in [2.45, 2.75) is 24.7 Å². The molecule has 3 atom stereocenters. The molecule has 0 spiro atoms. The second-order valence-electron chi connectivity index (χ2n) is 5.09. The number of carbonyl (C=O) groups excluding carboxylic acids is 1. The Morgan fingerprint density at radius 3 is 2.45 bits per heavy atom. The van der Waals surface area contributed by atoms with Crippen LogP contribution < -0.4 is 5.32 Å². The van der Waals surface area contributed by atoms with Crippen LogP contribution in [-0.4, -0.2) is 52.4 Å². The molecule has 22 heavy (non-hydrogen) atoms. The smallest absolute Gasteiger partial charge is 0.405 e. The van der Waals surface area contributed by atoms with Crippen LogP contribution in [-0.2, 0) is 4.79 Å². The second kappa shape index (κ2) is 6.69. The average Bonchev–Trinajstić information content (AvgIpc) is 2.90. The molecule has 0 aromatic heterocycles. The Bertz CT molecular complexity index is 552. The molecule has 2 rings (SSSR count). The van der Waals surface area contributed by atoms with Crippen molar-refractivity contribution in [1.29, 1.82) is 0 Å². The maximum absolute atomic E-state index is 13.2. The number of nitrogens with zero attached hydrogens (tertiary/aromatic N) is 1. The van der Waals surface area contributed by atoms with Crippen molar-refractivity contribution in [2.24, 2.45) is 0 Å². The summed E-state index contributed by atoms with van der Waals surface area (Å²) in [6.45, 7) is 0.0285. The van der Waals surface area contributed by atoms with Crippen LogP contribution in [0.2, 0.25) is 0 Å². The summed E-state index contributed by atoms with van der Waals surface area (Å²) in [6, 6.07) is 3.22. The number of hydrogen-bond donors (Lipinski definition) is 3. The first-order chi connectivity index (χ1) is 10.4. The first-order valence-corrected chi connectivity index (χ1v) is 6.74. The second-order valence-corrected chi connectivity index (χ2v) is 5.09. The monoisotopic (exact) mass is 314 g/mol. The Balaban J connectivity index is 2.19. The van der Waals surface area contributed by atoms with Crippen molar-refractivity contribution >= 4 is 12.0 Å². The molecule has 0 aliphatic carbocycles. The number of aliphatic hydroxyl groups excluding tert-OH is 1. The van der Waals surface area contributed by atoms with Gasteiger partial charge in [-0.25, -0.2) is 13.6 Å². The number of carbonyl (C=O) groups is 2. The van der Waals surface area contributed by atoms with E-state index in [9.17, 15) is 23.5 Å². The fraction of sp³-hybridized carbons (Fsp3) is 0.429. The lowest BCUT2D eigenvalue weighted by Crippen LogP contribution is -2.50. The third-order valence-electron chi connectivity index (χ3n) is 3.51. The third kappa shape index (κ3) is 3.70. The van der Waals surface area contributed by atoms with Crippen molar-refractivity contribution in [3.05, 3.63) is 35.6 Å². The topological polar surface area (TPSA) is 89.9 Å². The molecule has 0 radical (unpaired) electrons. The zero-order chi connectivity index (χ0) is 16.3. The maximum atomic E-state index is 13.2. The van der Waals surface area contributed by atoms with Crippen molar-refractivity contribution < 1.29 is 28.6 Å². The SMILES string of the molecule is O=C(O)N[C@H](C(=O)N1CC[C@H](F)C1)[C@@H](O)c1ccc(F)cc1. The molecular weight excluding hydrogens is 298 g/mol. The van der Waals surface area contributed by atoms with Crippen LogP contribution in [0, 0.1) is 5.82 Å². The van der Waals surface area contributed by atoms with Gasteiger partial charge in [0.15, 0.2) is 0 Å². The molecule has 3 N–H and O–H groups in total. The van der Waals surface area contributed by atoms with Gasteiger partial charge in [0.25, 0.3) is 0 Å². The summed E-state index contributed by atoms with van der Waals surface area (Å²) in [6.07, 6.45) is -3.96. The Labute approximate surface area is 125 Å². The molecule has 1 aromatic carbocycles. The number of rotatable bonds is 4. The van der Waals surface area contributed by atoms with Gasteiger partial charge in [-0.05, 0) is 24.1 Å². The number of benzene rings is 1. The van der Waals surface area contributed by atoms with Crippen LogP contribution in [0.25, 0.3) is 0 Å². The molecule has 0 bridgehead atoms. The van der Waals surface area contributed by atoms with E-state index >= 15 is 0 Å². The summed E-state index contributed by atoms with van der Waals surface area (Å²) in [5, 5.41) is 21.0. The highest BCUT2D eigenvalue weighted by Crippen LogP contribution is 2.21. The number of hydrogen-bond acceptors (Lipinski definition) is 3. The molecule has 120 valence electrons. The van der Waals surface area contributed by atoms with Crippen LogP contribution in [0.15, 0.2) is 24.3 Å². The Morgan fingerprint density at radius 2 is 1.95 bits per heavy atom. The molecule has 2 amide bonds. The van der Waals surface area contributed by atoms with Gasteiger partial charge in [0, 0.05) is 6.54 Å². The highest BCUT2D eigenvalue weighted by Gasteiger charge is 2.36. The minimum absolute atomic E-state index is 0.132. The van der Waals surface area contributed by atoms with Crippen molar-refractivity contribution in [2.75, 3.05) is 13.1 Å². The number of nitrogens with one attached hydrogen (secondary N) is 1. The predicted molar refractivity (Wildman–Crippen MR) is 72.4 cm³/mol. The lowest BCUT2D eigenvalue weighted by atomic mass is 10.0. The van der Waals surface area contributed by atoms with Gasteiger partial charge in [-0.3, -0.25) is 4.79 Å². The lowest BCUT2D eigenvalue weighted by molar-refractivity contribution is -0.135. The zero-order valence-corrected chi connectivity index (χ0v) is 11.6. The largest absolute Gasteiger partial charge is 0.465 e. The molecule has 0 unspecified atom stereocenters. The highest BCUT2D eigenvalue weighted by atomic mass is 19.1. The predicted octanol–water partition coefficient (Wildman–Crippen LogP) is 1.07. The van der Waals surface area contributed by atoms with E-state index in [2.05, 4.69) is 0 Å². The van der Waals surface area contributed by atoms with Crippen molar-refractivity contribution in [3.8, 4) is 0 Å². The first-order valence-electron chi connectivity index (χ1n) is 6.74.